The quantitative estimate of drug-likeness (QED) is 0.895. The van der Waals surface area contributed by atoms with Crippen molar-refractivity contribution in [3.8, 4) is 0 Å². The van der Waals surface area contributed by atoms with Crippen LogP contribution >= 0.6 is 0 Å². The van der Waals surface area contributed by atoms with Crippen molar-refractivity contribution in [2.75, 3.05) is 18.0 Å². The Labute approximate surface area is 114 Å². The molecule has 2 aliphatic carbocycles. The second kappa shape index (κ2) is 4.48. The molecule has 1 heterocycles. The Balaban J connectivity index is 1.46. The van der Waals surface area contributed by atoms with Gasteiger partial charge in [0.1, 0.15) is 5.82 Å². The molecule has 0 bridgehead atoms. The predicted octanol–water partition coefficient (Wildman–Crippen LogP) is 2.72. The number of hydrogen-bond donors (Lipinski definition) is 1. The van der Waals surface area contributed by atoms with Gasteiger partial charge in [0.15, 0.2) is 0 Å². The van der Waals surface area contributed by atoms with E-state index < -0.39 is 0 Å². The van der Waals surface area contributed by atoms with Crippen molar-refractivity contribution >= 4 is 5.69 Å². The fourth-order valence-electron chi connectivity index (χ4n) is 3.53. The van der Waals surface area contributed by atoms with Crippen LogP contribution in [0.2, 0.25) is 0 Å². The average Bonchev–Trinajstić information content (AvgIpc) is 3.11. The van der Waals surface area contributed by atoms with E-state index in [1.54, 1.807) is 12.1 Å². The normalized spacial score (nSPS) is 29.2. The Bertz CT molecular complexity index is 484. The summed E-state index contributed by atoms with van der Waals surface area (Å²) < 4.78 is 13.4. The minimum Gasteiger partial charge on any atom is -0.368 e. The van der Waals surface area contributed by atoms with Crippen LogP contribution in [-0.4, -0.2) is 25.2 Å². The van der Waals surface area contributed by atoms with Gasteiger partial charge >= 0.3 is 0 Å². The maximum Gasteiger partial charge on any atom is 0.125 e. The van der Waals surface area contributed by atoms with Crippen LogP contribution in [-0.2, 0) is 6.42 Å². The topological polar surface area (TPSA) is 15.3 Å². The van der Waals surface area contributed by atoms with Gasteiger partial charge in [0.2, 0.25) is 0 Å². The van der Waals surface area contributed by atoms with E-state index in [4.69, 9.17) is 0 Å². The number of anilines is 1. The molecule has 2 fully saturated rings. The van der Waals surface area contributed by atoms with Crippen LogP contribution in [0.3, 0.4) is 0 Å². The Morgan fingerprint density at radius 2 is 2.11 bits per heavy atom. The molecule has 19 heavy (non-hydrogen) atoms. The third-order valence-corrected chi connectivity index (χ3v) is 5.00. The van der Waals surface area contributed by atoms with E-state index in [2.05, 4.69) is 10.2 Å². The van der Waals surface area contributed by atoms with Crippen LogP contribution in [0.25, 0.3) is 0 Å². The molecular weight excluding hydrogens is 239 g/mol. The minimum absolute atomic E-state index is 0.0994. The molecule has 3 aliphatic rings. The first-order chi connectivity index (χ1) is 9.31. The number of hydrogen-bond acceptors (Lipinski definition) is 2. The van der Waals surface area contributed by atoms with Crippen LogP contribution in [0.5, 0.6) is 0 Å². The summed E-state index contributed by atoms with van der Waals surface area (Å²) in [6, 6.07) is 6.71. The Kier molecular flexibility index (Phi) is 2.76. The van der Waals surface area contributed by atoms with Gasteiger partial charge in [-0.1, -0.05) is 6.07 Å². The molecule has 1 aromatic rings. The van der Waals surface area contributed by atoms with Crippen molar-refractivity contribution in [3.63, 3.8) is 0 Å². The molecule has 2 atom stereocenters. The molecule has 0 aromatic heterocycles. The molecule has 0 spiro atoms. The minimum atomic E-state index is -0.0994. The first kappa shape index (κ1) is 11.7. The summed E-state index contributed by atoms with van der Waals surface area (Å²) in [6.45, 7) is 2.22. The van der Waals surface area contributed by atoms with Gasteiger partial charge in [0.05, 0.1) is 0 Å². The van der Waals surface area contributed by atoms with Crippen LogP contribution in [0, 0.1) is 11.7 Å². The van der Waals surface area contributed by atoms with Crippen molar-refractivity contribution in [1.82, 2.24) is 5.32 Å². The second-order valence-electron chi connectivity index (χ2n) is 6.30. The molecule has 3 heteroatoms. The van der Waals surface area contributed by atoms with Crippen molar-refractivity contribution in [3.05, 3.63) is 29.6 Å². The Morgan fingerprint density at radius 1 is 1.21 bits per heavy atom. The summed E-state index contributed by atoms with van der Waals surface area (Å²) >= 11 is 0. The maximum absolute atomic E-state index is 13.4. The maximum atomic E-state index is 13.4. The highest BCUT2D eigenvalue weighted by atomic mass is 19.1. The number of rotatable bonds is 4. The lowest BCUT2D eigenvalue weighted by atomic mass is 9.78. The largest absolute Gasteiger partial charge is 0.368 e. The van der Waals surface area contributed by atoms with Crippen molar-refractivity contribution in [1.29, 1.82) is 0 Å². The molecule has 2 saturated carbocycles. The summed E-state index contributed by atoms with van der Waals surface area (Å²) in [7, 11) is 0. The van der Waals surface area contributed by atoms with E-state index in [0.717, 1.165) is 37.2 Å². The van der Waals surface area contributed by atoms with Gasteiger partial charge in [-0.25, -0.2) is 4.39 Å². The first-order valence-electron chi connectivity index (χ1n) is 7.60. The predicted molar refractivity (Wildman–Crippen MR) is 75.0 cm³/mol. The van der Waals surface area contributed by atoms with Gasteiger partial charge in [0.25, 0.3) is 0 Å². The standard InChI is InChI=1S/C16H21FN2/c17-13-3-1-11-7-8-19(16(11)9-13)15-6-2-12(15)10-18-14-4-5-14/h1,3,9,12,14-15,18H,2,4-8,10H2. The molecule has 2 nitrogen and oxygen atoms in total. The van der Waals surface area contributed by atoms with Crippen LogP contribution in [0.4, 0.5) is 10.1 Å². The molecule has 2 unspecified atom stereocenters. The highest BCUT2D eigenvalue weighted by Gasteiger charge is 2.38. The third kappa shape index (κ3) is 2.14. The zero-order chi connectivity index (χ0) is 12.8. The van der Waals surface area contributed by atoms with E-state index in [1.165, 1.54) is 31.2 Å². The molecule has 0 saturated heterocycles. The number of nitrogens with one attached hydrogen (secondary N) is 1. The van der Waals surface area contributed by atoms with Gasteiger partial charge in [-0.3, -0.25) is 0 Å². The summed E-state index contributed by atoms with van der Waals surface area (Å²) in [5.74, 6) is 0.660. The highest BCUT2D eigenvalue weighted by Crippen LogP contribution is 2.39. The van der Waals surface area contributed by atoms with Gasteiger partial charge in [-0.2, -0.15) is 0 Å². The third-order valence-electron chi connectivity index (χ3n) is 5.00. The Morgan fingerprint density at radius 3 is 2.84 bits per heavy atom. The van der Waals surface area contributed by atoms with Crippen molar-refractivity contribution in [2.45, 2.75) is 44.2 Å². The lowest BCUT2D eigenvalue weighted by Crippen LogP contribution is -2.50. The lowest BCUT2D eigenvalue weighted by Gasteiger charge is -2.44. The number of nitrogens with zero attached hydrogens (tertiary/aromatic N) is 1. The van der Waals surface area contributed by atoms with E-state index in [1.807, 2.05) is 6.07 Å². The number of fused-ring (bicyclic) bond motifs is 1. The monoisotopic (exact) mass is 260 g/mol. The Hall–Kier alpha value is -1.09. The smallest absolute Gasteiger partial charge is 0.125 e. The fourth-order valence-corrected chi connectivity index (χ4v) is 3.53. The zero-order valence-corrected chi connectivity index (χ0v) is 11.2. The lowest BCUT2D eigenvalue weighted by molar-refractivity contribution is 0.235. The number of halogens is 1. The second-order valence-corrected chi connectivity index (χ2v) is 6.30. The molecule has 4 rings (SSSR count). The van der Waals surface area contributed by atoms with Gasteiger partial charge in [-0.05, 0) is 55.7 Å². The van der Waals surface area contributed by atoms with Gasteiger partial charge in [0, 0.05) is 30.9 Å². The van der Waals surface area contributed by atoms with Crippen molar-refractivity contribution < 1.29 is 4.39 Å². The average molecular weight is 260 g/mol. The molecule has 1 aliphatic heterocycles. The highest BCUT2D eigenvalue weighted by molar-refractivity contribution is 5.59. The first-order valence-corrected chi connectivity index (χ1v) is 7.60. The van der Waals surface area contributed by atoms with Crippen LogP contribution < -0.4 is 10.2 Å². The van der Waals surface area contributed by atoms with Crippen LogP contribution in [0.1, 0.15) is 31.2 Å². The molecule has 0 radical (unpaired) electrons. The summed E-state index contributed by atoms with van der Waals surface area (Å²) in [5, 5.41) is 3.65. The van der Waals surface area contributed by atoms with Gasteiger partial charge < -0.3 is 10.2 Å². The van der Waals surface area contributed by atoms with Gasteiger partial charge in [-0.15, -0.1) is 0 Å². The molecule has 102 valence electrons. The molecule has 1 N–H and O–H groups in total. The van der Waals surface area contributed by atoms with E-state index in [9.17, 15) is 4.39 Å². The summed E-state index contributed by atoms with van der Waals surface area (Å²) in [6.07, 6.45) is 6.39. The zero-order valence-electron chi connectivity index (χ0n) is 11.2. The molecule has 0 amide bonds. The van der Waals surface area contributed by atoms with Crippen molar-refractivity contribution in [2.24, 2.45) is 5.92 Å². The van der Waals surface area contributed by atoms with E-state index in [0.29, 0.717) is 6.04 Å². The molecule has 1 aromatic carbocycles. The summed E-state index contributed by atoms with van der Waals surface area (Å²) in [5.41, 5.74) is 2.48. The van der Waals surface area contributed by atoms with E-state index in [-0.39, 0.29) is 5.82 Å². The van der Waals surface area contributed by atoms with E-state index >= 15 is 0 Å². The fraction of sp³-hybridized carbons (Fsp3) is 0.625. The molecular formula is C16H21FN2. The summed E-state index contributed by atoms with van der Waals surface area (Å²) in [4.78, 5) is 2.46. The number of benzene rings is 1. The SMILES string of the molecule is Fc1ccc2c(c1)N(C1CCC1CNC1CC1)CC2. The van der Waals surface area contributed by atoms with Crippen LogP contribution in [0.15, 0.2) is 18.2 Å².